The highest BCUT2D eigenvalue weighted by Gasteiger charge is 2.13. The summed E-state index contributed by atoms with van der Waals surface area (Å²) in [5.41, 5.74) is 2.88. The Kier molecular flexibility index (Phi) is 4.16. The zero-order valence-corrected chi connectivity index (χ0v) is 12.0. The second-order valence-electron chi connectivity index (χ2n) is 4.20. The van der Waals surface area contributed by atoms with Gasteiger partial charge in [-0.05, 0) is 30.2 Å². The van der Waals surface area contributed by atoms with E-state index >= 15 is 0 Å². The molecule has 2 aromatic rings. The Morgan fingerprint density at radius 2 is 2.00 bits per heavy atom. The van der Waals surface area contributed by atoms with Crippen LogP contribution in [0.25, 0.3) is 0 Å². The largest absolute Gasteiger partial charge is 0.375 e. The summed E-state index contributed by atoms with van der Waals surface area (Å²) in [6, 6.07) is 12.8. The smallest absolute Gasteiger partial charge is 0.292 e. The number of benzene rings is 2. The van der Waals surface area contributed by atoms with Crippen molar-refractivity contribution in [3.05, 3.63) is 68.2 Å². The van der Waals surface area contributed by atoms with E-state index in [4.69, 9.17) is 0 Å². The van der Waals surface area contributed by atoms with Gasteiger partial charge >= 0.3 is 0 Å². The van der Waals surface area contributed by atoms with Crippen LogP contribution in [0.2, 0.25) is 0 Å². The molecule has 0 aliphatic rings. The first-order valence-corrected chi connectivity index (χ1v) is 6.59. The van der Waals surface area contributed by atoms with Gasteiger partial charge in [0.05, 0.1) is 4.92 Å². The van der Waals surface area contributed by atoms with Crippen LogP contribution in [0.3, 0.4) is 0 Å². The first-order valence-electron chi connectivity index (χ1n) is 5.80. The van der Waals surface area contributed by atoms with E-state index in [0.717, 1.165) is 15.6 Å². The Morgan fingerprint density at radius 1 is 1.26 bits per heavy atom. The molecule has 2 rings (SSSR count). The van der Waals surface area contributed by atoms with Crippen LogP contribution in [-0.4, -0.2) is 4.92 Å². The van der Waals surface area contributed by atoms with E-state index in [-0.39, 0.29) is 10.6 Å². The highest BCUT2D eigenvalue weighted by atomic mass is 79.9. The van der Waals surface area contributed by atoms with Crippen LogP contribution in [0.5, 0.6) is 0 Å². The van der Waals surface area contributed by atoms with Gasteiger partial charge in [0.25, 0.3) is 5.69 Å². The van der Waals surface area contributed by atoms with E-state index in [0.29, 0.717) is 12.2 Å². The molecule has 0 bridgehead atoms. The molecule has 2 aromatic carbocycles. The maximum atomic E-state index is 11.0. The summed E-state index contributed by atoms with van der Waals surface area (Å²) in [5.74, 6) is 0. The summed E-state index contributed by atoms with van der Waals surface area (Å²) in [6.07, 6.45) is 0. The monoisotopic (exact) mass is 320 g/mol. The number of nitrogens with zero attached hydrogens (tertiary/aromatic N) is 1. The van der Waals surface area contributed by atoms with Crippen LogP contribution in [0.4, 0.5) is 11.4 Å². The molecule has 0 spiro atoms. The second-order valence-corrected chi connectivity index (χ2v) is 5.11. The second kappa shape index (κ2) is 5.84. The molecule has 0 radical (unpaired) electrons. The van der Waals surface area contributed by atoms with E-state index in [2.05, 4.69) is 21.2 Å². The van der Waals surface area contributed by atoms with Crippen molar-refractivity contribution < 1.29 is 4.92 Å². The van der Waals surface area contributed by atoms with Gasteiger partial charge in [-0.15, -0.1) is 0 Å². The highest BCUT2D eigenvalue weighted by molar-refractivity contribution is 9.10. The molecule has 0 saturated heterocycles. The lowest BCUT2D eigenvalue weighted by atomic mass is 10.1. The van der Waals surface area contributed by atoms with Gasteiger partial charge in [0.1, 0.15) is 5.69 Å². The Labute approximate surface area is 119 Å². The molecule has 4 nitrogen and oxygen atoms in total. The van der Waals surface area contributed by atoms with Crippen molar-refractivity contribution in [3.63, 3.8) is 0 Å². The van der Waals surface area contributed by atoms with Crippen molar-refractivity contribution in [3.8, 4) is 0 Å². The van der Waals surface area contributed by atoms with Gasteiger partial charge in [0.15, 0.2) is 0 Å². The molecule has 98 valence electrons. The Hall–Kier alpha value is -1.88. The number of nitrogens with one attached hydrogen (secondary N) is 1. The van der Waals surface area contributed by atoms with Crippen molar-refractivity contribution in [1.82, 2.24) is 0 Å². The van der Waals surface area contributed by atoms with Gasteiger partial charge in [-0.25, -0.2) is 0 Å². The molecule has 0 atom stereocenters. The minimum Gasteiger partial charge on any atom is -0.375 e. The van der Waals surface area contributed by atoms with Crippen LogP contribution in [0.1, 0.15) is 11.1 Å². The molecule has 19 heavy (non-hydrogen) atoms. The predicted octanol–water partition coefficient (Wildman–Crippen LogP) is 4.28. The fourth-order valence-corrected chi connectivity index (χ4v) is 2.17. The lowest BCUT2D eigenvalue weighted by molar-refractivity contribution is -0.384. The van der Waals surface area contributed by atoms with Crippen molar-refractivity contribution in [2.24, 2.45) is 0 Å². The number of hydrogen-bond donors (Lipinski definition) is 1. The van der Waals surface area contributed by atoms with Crippen molar-refractivity contribution in [2.75, 3.05) is 5.32 Å². The SMILES string of the molecule is Cc1ccccc1CNc1cc(Br)ccc1[N+](=O)[O-]. The molecule has 1 N–H and O–H groups in total. The number of aryl methyl sites for hydroxylation is 1. The van der Waals surface area contributed by atoms with E-state index in [9.17, 15) is 10.1 Å². The Bertz CT molecular complexity index is 614. The molecule has 0 aromatic heterocycles. The van der Waals surface area contributed by atoms with Gasteiger partial charge in [-0.1, -0.05) is 40.2 Å². The summed E-state index contributed by atoms with van der Waals surface area (Å²) >= 11 is 3.32. The quantitative estimate of drug-likeness (QED) is 0.675. The van der Waals surface area contributed by atoms with Crippen LogP contribution >= 0.6 is 15.9 Å². The summed E-state index contributed by atoms with van der Waals surface area (Å²) in [5, 5.41) is 14.1. The standard InChI is InChI=1S/C14H13BrN2O2/c1-10-4-2-3-5-11(10)9-16-13-8-12(15)6-7-14(13)17(18)19/h2-8,16H,9H2,1H3. The van der Waals surface area contributed by atoms with Gasteiger partial charge in [-0.3, -0.25) is 10.1 Å². The lowest BCUT2D eigenvalue weighted by Gasteiger charge is -2.09. The van der Waals surface area contributed by atoms with Gasteiger partial charge in [-0.2, -0.15) is 0 Å². The molecule has 0 heterocycles. The van der Waals surface area contributed by atoms with E-state index in [1.807, 2.05) is 31.2 Å². The maximum Gasteiger partial charge on any atom is 0.292 e. The average Bonchev–Trinajstić information content (AvgIpc) is 2.37. The average molecular weight is 321 g/mol. The van der Waals surface area contributed by atoms with E-state index in [1.165, 1.54) is 6.07 Å². The molecule has 0 unspecified atom stereocenters. The number of hydrogen-bond acceptors (Lipinski definition) is 3. The third-order valence-corrected chi connectivity index (χ3v) is 3.38. The molecule has 0 saturated carbocycles. The summed E-state index contributed by atoms with van der Waals surface area (Å²) in [4.78, 5) is 10.6. The fraction of sp³-hybridized carbons (Fsp3) is 0.143. The zero-order valence-electron chi connectivity index (χ0n) is 10.4. The number of nitro groups is 1. The van der Waals surface area contributed by atoms with Gasteiger partial charge in [0.2, 0.25) is 0 Å². The van der Waals surface area contributed by atoms with Crippen LogP contribution in [0, 0.1) is 17.0 Å². The Balaban J connectivity index is 2.22. The minimum absolute atomic E-state index is 0.0804. The van der Waals surface area contributed by atoms with Crippen LogP contribution in [-0.2, 0) is 6.54 Å². The predicted molar refractivity (Wildman–Crippen MR) is 79.3 cm³/mol. The van der Waals surface area contributed by atoms with Gasteiger partial charge < -0.3 is 5.32 Å². The molecule has 0 fully saturated rings. The first-order chi connectivity index (χ1) is 9.08. The van der Waals surface area contributed by atoms with Gasteiger partial charge in [0, 0.05) is 17.1 Å². The van der Waals surface area contributed by atoms with Crippen molar-refractivity contribution in [1.29, 1.82) is 0 Å². The normalized spacial score (nSPS) is 10.2. The fourth-order valence-electron chi connectivity index (χ4n) is 1.81. The van der Waals surface area contributed by atoms with Crippen LogP contribution in [0.15, 0.2) is 46.9 Å². The third kappa shape index (κ3) is 3.32. The number of rotatable bonds is 4. The minimum atomic E-state index is -0.382. The maximum absolute atomic E-state index is 11.0. The van der Waals surface area contributed by atoms with E-state index in [1.54, 1.807) is 12.1 Å². The van der Waals surface area contributed by atoms with Crippen LogP contribution < -0.4 is 5.32 Å². The molecular formula is C14H13BrN2O2. The van der Waals surface area contributed by atoms with Crippen molar-refractivity contribution in [2.45, 2.75) is 13.5 Å². The third-order valence-electron chi connectivity index (χ3n) is 2.89. The lowest BCUT2D eigenvalue weighted by Crippen LogP contribution is -2.03. The summed E-state index contributed by atoms with van der Waals surface area (Å²) in [6.45, 7) is 2.58. The topological polar surface area (TPSA) is 55.2 Å². The molecule has 0 aliphatic heterocycles. The first kappa shape index (κ1) is 13.5. The molecule has 0 aliphatic carbocycles. The molecular weight excluding hydrogens is 308 g/mol. The zero-order chi connectivity index (χ0) is 13.8. The molecule has 0 amide bonds. The molecule has 5 heteroatoms. The van der Waals surface area contributed by atoms with E-state index < -0.39 is 0 Å². The van der Waals surface area contributed by atoms with Crippen molar-refractivity contribution >= 4 is 27.3 Å². The summed E-state index contributed by atoms with van der Waals surface area (Å²) in [7, 11) is 0. The number of nitro benzene ring substituents is 1. The summed E-state index contributed by atoms with van der Waals surface area (Å²) < 4.78 is 0.811. The number of halogens is 1. The number of anilines is 1. The highest BCUT2D eigenvalue weighted by Crippen LogP contribution is 2.28. The Morgan fingerprint density at radius 3 is 2.68 bits per heavy atom.